The summed E-state index contributed by atoms with van der Waals surface area (Å²) in [5.41, 5.74) is 0. The first-order valence-electron chi connectivity index (χ1n) is 2.10. The average molecular weight is 112 g/mol. The fourth-order valence-electron chi connectivity index (χ4n) is 0.315. The molecule has 42 valence electrons. The molecular formula is C5H4O3. The average Bonchev–Trinajstić information content (AvgIpc) is 1.94. The highest BCUT2D eigenvalue weighted by Crippen LogP contribution is 1.90. The minimum atomic E-state index is -0.491. The lowest BCUT2D eigenvalue weighted by Gasteiger charge is -1.90. The van der Waals surface area contributed by atoms with Crippen molar-refractivity contribution in [1.29, 1.82) is 0 Å². The van der Waals surface area contributed by atoms with Gasteiger partial charge in [-0.3, -0.25) is 4.89 Å². The Morgan fingerprint density at radius 3 is 3.12 bits per heavy atom. The van der Waals surface area contributed by atoms with Gasteiger partial charge in [0.25, 0.3) is 0 Å². The van der Waals surface area contributed by atoms with Crippen LogP contribution in [0.3, 0.4) is 0 Å². The van der Waals surface area contributed by atoms with E-state index in [1.807, 2.05) is 0 Å². The number of allylic oxidation sites excluding steroid dienone is 2. The monoisotopic (exact) mass is 112 g/mol. The molecule has 0 radical (unpaired) electrons. The van der Waals surface area contributed by atoms with Gasteiger partial charge in [0.1, 0.15) is 6.26 Å². The summed E-state index contributed by atoms with van der Waals surface area (Å²) in [5.74, 6) is -0.491. The first-order chi connectivity index (χ1) is 3.89. The zero-order valence-electron chi connectivity index (χ0n) is 4.03. The minimum Gasteiger partial charge on any atom is -0.295 e. The van der Waals surface area contributed by atoms with Crippen molar-refractivity contribution in [3.05, 3.63) is 24.5 Å². The molecule has 0 fully saturated rings. The highest BCUT2D eigenvalue weighted by atomic mass is 17.2. The molecule has 1 heterocycles. The Labute approximate surface area is 46.1 Å². The van der Waals surface area contributed by atoms with Crippen molar-refractivity contribution in [2.45, 2.75) is 0 Å². The second-order valence-electron chi connectivity index (χ2n) is 1.19. The van der Waals surface area contributed by atoms with Gasteiger partial charge in [-0.15, -0.1) is 0 Å². The van der Waals surface area contributed by atoms with E-state index >= 15 is 0 Å². The third-order valence-corrected chi connectivity index (χ3v) is 0.608. The molecule has 0 bridgehead atoms. The molecule has 0 aliphatic carbocycles. The zero-order valence-corrected chi connectivity index (χ0v) is 4.03. The molecule has 3 heteroatoms. The summed E-state index contributed by atoms with van der Waals surface area (Å²) >= 11 is 0. The van der Waals surface area contributed by atoms with Crippen LogP contribution in [-0.4, -0.2) is 5.97 Å². The summed E-state index contributed by atoms with van der Waals surface area (Å²) in [4.78, 5) is 18.5. The van der Waals surface area contributed by atoms with Crippen LogP contribution in [0.1, 0.15) is 0 Å². The van der Waals surface area contributed by atoms with E-state index in [-0.39, 0.29) is 0 Å². The third kappa shape index (κ3) is 1.11. The second kappa shape index (κ2) is 2.16. The molecule has 0 aromatic heterocycles. The number of hydrogen-bond donors (Lipinski definition) is 0. The van der Waals surface area contributed by atoms with Gasteiger partial charge in [0.15, 0.2) is 0 Å². The molecule has 0 aromatic rings. The molecule has 1 rings (SSSR count). The minimum absolute atomic E-state index is 0.491. The van der Waals surface area contributed by atoms with Crippen molar-refractivity contribution in [3.8, 4) is 0 Å². The molecule has 0 unspecified atom stereocenters. The summed E-state index contributed by atoms with van der Waals surface area (Å²) in [7, 11) is 0. The van der Waals surface area contributed by atoms with Gasteiger partial charge < -0.3 is 0 Å². The second-order valence-corrected chi connectivity index (χ2v) is 1.19. The zero-order chi connectivity index (χ0) is 5.82. The number of carbonyl (C=O) groups excluding carboxylic acids is 1. The van der Waals surface area contributed by atoms with Crippen LogP contribution in [0.2, 0.25) is 0 Å². The summed E-state index contributed by atoms with van der Waals surface area (Å²) in [6, 6.07) is 0. The highest BCUT2D eigenvalue weighted by Gasteiger charge is 1.96. The smallest absolute Gasteiger partial charge is 0.295 e. The third-order valence-electron chi connectivity index (χ3n) is 0.608. The molecule has 0 spiro atoms. The Morgan fingerprint density at radius 2 is 2.25 bits per heavy atom. The number of rotatable bonds is 0. The molecule has 0 saturated heterocycles. The van der Waals surface area contributed by atoms with Gasteiger partial charge in [0.05, 0.1) is 0 Å². The predicted octanol–water partition coefficient (Wildman–Crippen LogP) is 0.545. The quantitative estimate of drug-likeness (QED) is 0.429. The Morgan fingerprint density at radius 1 is 1.38 bits per heavy atom. The van der Waals surface area contributed by atoms with Crippen LogP contribution >= 0.6 is 0 Å². The van der Waals surface area contributed by atoms with E-state index in [9.17, 15) is 4.79 Å². The number of carbonyl (C=O) groups is 1. The predicted molar refractivity (Wildman–Crippen MR) is 25.5 cm³/mol. The SMILES string of the molecule is O=C1C=CC=COO1. The van der Waals surface area contributed by atoms with Gasteiger partial charge in [-0.05, 0) is 6.08 Å². The maximum Gasteiger partial charge on any atom is 0.378 e. The maximum atomic E-state index is 10.2. The molecule has 0 atom stereocenters. The van der Waals surface area contributed by atoms with Crippen molar-refractivity contribution in [1.82, 2.24) is 0 Å². The van der Waals surface area contributed by atoms with Crippen molar-refractivity contribution < 1.29 is 14.6 Å². The Bertz CT molecular complexity index is 146. The van der Waals surface area contributed by atoms with Crippen molar-refractivity contribution in [2.24, 2.45) is 0 Å². The molecule has 0 saturated carbocycles. The molecule has 3 nitrogen and oxygen atoms in total. The molecule has 0 aromatic carbocycles. The van der Waals surface area contributed by atoms with Gasteiger partial charge in [-0.25, -0.2) is 9.68 Å². The summed E-state index contributed by atoms with van der Waals surface area (Å²) in [6.45, 7) is 0. The molecule has 1 aliphatic heterocycles. The Kier molecular flexibility index (Phi) is 1.32. The van der Waals surface area contributed by atoms with Crippen LogP contribution in [0.15, 0.2) is 24.5 Å². The normalized spacial score (nSPS) is 16.8. The van der Waals surface area contributed by atoms with E-state index in [1.54, 1.807) is 6.08 Å². The number of hydrogen-bond acceptors (Lipinski definition) is 3. The van der Waals surface area contributed by atoms with E-state index < -0.39 is 5.97 Å². The Hall–Kier alpha value is -1.25. The van der Waals surface area contributed by atoms with Crippen LogP contribution in [0.5, 0.6) is 0 Å². The van der Waals surface area contributed by atoms with E-state index in [2.05, 4.69) is 9.78 Å². The fourth-order valence-corrected chi connectivity index (χ4v) is 0.315. The Balaban J connectivity index is 2.58. The van der Waals surface area contributed by atoms with Crippen LogP contribution in [-0.2, 0) is 14.6 Å². The first kappa shape index (κ1) is 4.90. The lowest BCUT2D eigenvalue weighted by atomic mass is 10.5. The van der Waals surface area contributed by atoms with Gasteiger partial charge in [0, 0.05) is 6.08 Å². The van der Waals surface area contributed by atoms with Crippen molar-refractivity contribution in [3.63, 3.8) is 0 Å². The summed E-state index contributed by atoms with van der Waals surface area (Å²) < 4.78 is 0. The van der Waals surface area contributed by atoms with E-state index in [0.29, 0.717) is 0 Å². The van der Waals surface area contributed by atoms with Crippen LogP contribution in [0.25, 0.3) is 0 Å². The largest absolute Gasteiger partial charge is 0.378 e. The van der Waals surface area contributed by atoms with Crippen molar-refractivity contribution in [2.75, 3.05) is 0 Å². The lowest BCUT2D eigenvalue weighted by Crippen LogP contribution is -1.95. The van der Waals surface area contributed by atoms with Crippen LogP contribution in [0.4, 0.5) is 0 Å². The fraction of sp³-hybridized carbons (Fsp3) is 0. The van der Waals surface area contributed by atoms with Crippen LogP contribution < -0.4 is 0 Å². The van der Waals surface area contributed by atoms with Crippen molar-refractivity contribution >= 4 is 5.97 Å². The van der Waals surface area contributed by atoms with Crippen LogP contribution in [0, 0.1) is 0 Å². The van der Waals surface area contributed by atoms with E-state index in [0.717, 1.165) is 0 Å². The van der Waals surface area contributed by atoms with Gasteiger partial charge >= 0.3 is 5.97 Å². The highest BCUT2D eigenvalue weighted by molar-refractivity contribution is 5.81. The van der Waals surface area contributed by atoms with E-state index in [1.165, 1.54) is 18.4 Å². The summed E-state index contributed by atoms with van der Waals surface area (Å²) in [5, 5.41) is 0. The topological polar surface area (TPSA) is 35.5 Å². The molecule has 0 amide bonds. The molecule has 1 aliphatic rings. The van der Waals surface area contributed by atoms with Gasteiger partial charge in [-0.1, -0.05) is 6.08 Å². The summed E-state index contributed by atoms with van der Waals surface area (Å²) in [6.07, 6.45) is 5.64. The maximum absolute atomic E-state index is 10.2. The van der Waals surface area contributed by atoms with E-state index in [4.69, 9.17) is 0 Å². The van der Waals surface area contributed by atoms with Gasteiger partial charge in [-0.2, -0.15) is 0 Å². The first-order valence-corrected chi connectivity index (χ1v) is 2.10. The standard InChI is InChI=1S/C5H4O3/c6-5-3-1-2-4-7-8-5/h1-4H. The van der Waals surface area contributed by atoms with Gasteiger partial charge in [0.2, 0.25) is 0 Å². The molecule has 8 heavy (non-hydrogen) atoms. The molecular weight excluding hydrogens is 108 g/mol. The lowest BCUT2D eigenvalue weighted by molar-refractivity contribution is -0.231. The molecule has 0 N–H and O–H groups in total.